The molecule has 4 nitrogen and oxygen atoms in total. The minimum Gasteiger partial charge on any atom is -0.373 e. The van der Waals surface area contributed by atoms with Gasteiger partial charge < -0.3 is 5.32 Å². The van der Waals surface area contributed by atoms with Crippen LogP contribution in [0.1, 0.15) is 11.4 Å². The van der Waals surface area contributed by atoms with Gasteiger partial charge in [-0.3, -0.25) is 4.68 Å². The Bertz CT molecular complexity index is 583. The zero-order valence-corrected chi connectivity index (χ0v) is 10.6. The summed E-state index contributed by atoms with van der Waals surface area (Å²) in [4.78, 5) is 3.95. The molecule has 1 N–H and O–H groups in total. The molecular formula is C11H11ClF2N4. The standard InChI is InChI=1S/C11H11ClF2N4/c1-6-7(12)3-8(13)11(10(6)14)15-4-9-16-5-17-18(9)2/h3,5,15H,4H2,1-2H3. The van der Waals surface area contributed by atoms with Crippen molar-refractivity contribution in [2.24, 2.45) is 7.05 Å². The Balaban J connectivity index is 2.25. The van der Waals surface area contributed by atoms with Crippen LogP contribution in [0.15, 0.2) is 12.4 Å². The molecule has 2 aromatic rings. The first-order chi connectivity index (χ1) is 8.50. The molecule has 0 fully saturated rings. The number of nitrogens with zero attached hydrogens (tertiary/aromatic N) is 3. The minimum absolute atomic E-state index is 0.0641. The molecule has 18 heavy (non-hydrogen) atoms. The van der Waals surface area contributed by atoms with Crippen molar-refractivity contribution in [3.05, 3.63) is 40.4 Å². The van der Waals surface area contributed by atoms with Gasteiger partial charge in [-0.25, -0.2) is 13.8 Å². The number of hydrogen-bond acceptors (Lipinski definition) is 3. The van der Waals surface area contributed by atoms with Crippen LogP contribution in [0.25, 0.3) is 0 Å². The molecule has 0 saturated carbocycles. The minimum atomic E-state index is -0.731. The average molecular weight is 273 g/mol. The average Bonchev–Trinajstić information content (AvgIpc) is 2.72. The summed E-state index contributed by atoms with van der Waals surface area (Å²) >= 11 is 5.68. The lowest BCUT2D eigenvalue weighted by Crippen LogP contribution is -2.09. The number of rotatable bonds is 3. The van der Waals surface area contributed by atoms with Gasteiger partial charge in [-0.2, -0.15) is 5.10 Å². The van der Waals surface area contributed by atoms with Crippen molar-refractivity contribution < 1.29 is 8.78 Å². The summed E-state index contributed by atoms with van der Waals surface area (Å²) in [7, 11) is 1.70. The fourth-order valence-electron chi connectivity index (χ4n) is 1.50. The van der Waals surface area contributed by atoms with Crippen LogP contribution in [0.3, 0.4) is 0 Å². The summed E-state index contributed by atoms with van der Waals surface area (Å²) < 4.78 is 28.9. The van der Waals surface area contributed by atoms with E-state index in [-0.39, 0.29) is 22.8 Å². The zero-order chi connectivity index (χ0) is 13.3. The van der Waals surface area contributed by atoms with Crippen LogP contribution in [-0.4, -0.2) is 14.8 Å². The quantitative estimate of drug-likeness (QED) is 0.934. The third-order valence-electron chi connectivity index (χ3n) is 2.63. The normalized spacial score (nSPS) is 10.7. The van der Waals surface area contributed by atoms with Gasteiger partial charge in [0, 0.05) is 17.6 Å². The van der Waals surface area contributed by atoms with Crippen molar-refractivity contribution >= 4 is 17.3 Å². The topological polar surface area (TPSA) is 42.7 Å². The summed E-state index contributed by atoms with van der Waals surface area (Å²) in [5, 5.41) is 6.59. The number of nitrogens with one attached hydrogen (secondary N) is 1. The summed E-state index contributed by atoms with van der Waals surface area (Å²) in [6.45, 7) is 1.66. The van der Waals surface area contributed by atoms with Crippen LogP contribution in [0.2, 0.25) is 5.02 Å². The van der Waals surface area contributed by atoms with E-state index in [1.807, 2.05) is 0 Å². The van der Waals surface area contributed by atoms with Crippen LogP contribution >= 0.6 is 11.6 Å². The zero-order valence-electron chi connectivity index (χ0n) is 9.84. The first-order valence-electron chi connectivity index (χ1n) is 5.21. The number of aromatic nitrogens is 3. The van der Waals surface area contributed by atoms with Gasteiger partial charge in [0.15, 0.2) is 11.6 Å². The first-order valence-corrected chi connectivity index (χ1v) is 5.59. The molecule has 0 spiro atoms. The largest absolute Gasteiger partial charge is 0.373 e. The molecule has 1 aromatic carbocycles. The van der Waals surface area contributed by atoms with E-state index < -0.39 is 11.6 Å². The summed E-state index contributed by atoms with van der Waals surface area (Å²) in [5.74, 6) is -0.853. The number of aryl methyl sites for hydroxylation is 1. The molecule has 2 rings (SSSR count). The van der Waals surface area contributed by atoms with Crippen LogP contribution in [0, 0.1) is 18.6 Å². The van der Waals surface area contributed by atoms with Crippen LogP contribution in [-0.2, 0) is 13.6 Å². The van der Waals surface area contributed by atoms with Gasteiger partial charge in [0.2, 0.25) is 0 Å². The molecule has 0 aliphatic heterocycles. The lowest BCUT2D eigenvalue weighted by Gasteiger charge is -2.11. The monoisotopic (exact) mass is 272 g/mol. The maximum absolute atomic E-state index is 13.8. The Kier molecular flexibility index (Phi) is 3.47. The van der Waals surface area contributed by atoms with Gasteiger partial charge in [-0.1, -0.05) is 11.6 Å². The summed E-state index contributed by atoms with van der Waals surface area (Å²) in [5.41, 5.74) is -0.00145. The van der Waals surface area contributed by atoms with Gasteiger partial charge in [0.1, 0.15) is 17.8 Å². The molecule has 0 saturated heterocycles. The van der Waals surface area contributed by atoms with E-state index >= 15 is 0 Å². The summed E-state index contributed by atoms with van der Waals surface area (Å²) in [6.07, 6.45) is 1.37. The number of halogens is 3. The van der Waals surface area contributed by atoms with Crippen LogP contribution < -0.4 is 5.32 Å². The first kappa shape index (κ1) is 12.8. The number of hydrogen-bond donors (Lipinski definition) is 1. The molecule has 1 heterocycles. The van der Waals surface area contributed by atoms with Gasteiger partial charge >= 0.3 is 0 Å². The Labute approximate surface area is 108 Å². The molecule has 0 unspecified atom stereocenters. The molecule has 96 valence electrons. The van der Waals surface area contributed by atoms with E-state index in [0.717, 1.165) is 6.07 Å². The SMILES string of the molecule is Cc1c(Cl)cc(F)c(NCc2ncnn2C)c1F. The van der Waals surface area contributed by atoms with E-state index in [0.29, 0.717) is 5.82 Å². The molecule has 7 heteroatoms. The third kappa shape index (κ3) is 2.28. The highest BCUT2D eigenvalue weighted by Gasteiger charge is 2.15. The Morgan fingerprint density at radius 1 is 1.44 bits per heavy atom. The van der Waals surface area contributed by atoms with Crippen LogP contribution in [0.5, 0.6) is 0 Å². The second-order valence-electron chi connectivity index (χ2n) is 3.81. The lowest BCUT2D eigenvalue weighted by atomic mass is 10.2. The van der Waals surface area contributed by atoms with Crippen molar-refractivity contribution in [1.82, 2.24) is 14.8 Å². The predicted octanol–water partition coefficient (Wildman–Crippen LogP) is 2.67. The molecule has 0 radical (unpaired) electrons. The number of anilines is 1. The van der Waals surface area contributed by atoms with E-state index in [4.69, 9.17) is 11.6 Å². The van der Waals surface area contributed by atoms with Gasteiger partial charge in [-0.15, -0.1) is 0 Å². The van der Waals surface area contributed by atoms with E-state index in [2.05, 4.69) is 15.4 Å². The smallest absolute Gasteiger partial charge is 0.153 e. The van der Waals surface area contributed by atoms with Gasteiger partial charge in [0.25, 0.3) is 0 Å². The molecule has 0 amide bonds. The molecule has 0 aliphatic rings. The second-order valence-corrected chi connectivity index (χ2v) is 4.21. The maximum Gasteiger partial charge on any atom is 0.153 e. The number of benzene rings is 1. The molecule has 0 aliphatic carbocycles. The molecule has 0 atom stereocenters. The van der Waals surface area contributed by atoms with Crippen molar-refractivity contribution in [3.63, 3.8) is 0 Å². The maximum atomic E-state index is 13.8. The highest BCUT2D eigenvalue weighted by atomic mass is 35.5. The van der Waals surface area contributed by atoms with Crippen molar-refractivity contribution in [2.75, 3.05) is 5.32 Å². The fraction of sp³-hybridized carbons (Fsp3) is 0.273. The summed E-state index contributed by atoms with van der Waals surface area (Å²) in [6, 6.07) is 1.08. The lowest BCUT2D eigenvalue weighted by molar-refractivity contribution is 0.581. The molecular weight excluding hydrogens is 262 g/mol. The Morgan fingerprint density at radius 2 is 2.17 bits per heavy atom. The second kappa shape index (κ2) is 4.89. The van der Waals surface area contributed by atoms with Gasteiger partial charge in [0.05, 0.1) is 6.54 Å². The van der Waals surface area contributed by atoms with Crippen molar-refractivity contribution in [3.8, 4) is 0 Å². The van der Waals surface area contributed by atoms with E-state index in [1.165, 1.54) is 17.9 Å². The van der Waals surface area contributed by atoms with Crippen molar-refractivity contribution in [1.29, 1.82) is 0 Å². The van der Waals surface area contributed by atoms with Gasteiger partial charge in [-0.05, 0) is 13.0 Å². The van der Waals surface area contributed by atoms with E-state index in [9.17, 15) is 8.78 Å². The predicted molar refractivity (Wildman–Crippen MR) is 64.4 cm³/mol. The highest BCUT2D eigenvalue weighted by molar-refractivity contribution is 6.31. The third-order valence-corrected chi connectivity index (χ3v) is 3.02. The Morgan fingerprint density at radius 3 is 2.78 bits per heavy atom. The molecule has 1 aromatic heterocycles. The highest BCUT2D eigenvalue weighted by Crippen LogP contribution is 2.28. The Hall–Kier alpha value is -1.69. The van der Waals surface area contributed by atoms with Crippen molar-refractivity contribution in [2.45, 2.75) is 13.5 Å². The van der Waals surface area contributed by atoms with Crippen LogP contribution in [0.4, 0.5) is 14.5 Å². The fourth-order valence-corrected chi connectivity index (χ4v) is 1.68. The van der Waals surface area contributed by atoms with E-state index in [1.54, 1.807) is 7.05 Å². The molecule has 0 bridgehead atoms.